The van der Waals surface area contributed by atoms with Crippen molar-refractivity contribution in [3.05, 3.63) is 65.7 Å². The van der Waals surface area contributed by atoms with Crippen molar-refractivity contribution in [1.29, 1.82) is 0 Å². The Balaban J connectivity index is 2.01. The molecule has 2 rings (SSSR count). The molecule has 0 amide bonds. The van der Waals surface area contributed by atoms with E-state index < -0.39 is 11.9 Å². The molecule has 0 heterocycles. The number of likely N-dealkylation sites (N-methyl/N-ethyl adjacent to an activating group) is 1. The molecule has 0 aliphatic carbocycles. The molecule has 1 unspecified atom stereocenters. The smallest absolute Gasteiger partial charge is 0.311 e. The van der Waals surface area contributed by atoms with Crippen LogP contribution in [0.25, 0.3) is 0 Å². The van der Waals surface area contributed by atoms with Gasteiger partial charge in [0.15, 0.2) is 0 Å². The molecule has 0 bridgehead atoms. The van der Waals surface area contributed by atoms with E-state index in [0.29, 0.717) is 13.0 Å². The van der Waals surface area contributed by atoms with Gasteiger partial charge in [-0.3, -0.25) is 4.79 Å². The zero-order valence-electron chi connectivity index (χ0n) is 15.0. The number of rotatable bonds is 10. The maximum Gasteiger partial charge on any atom is 0.311 e. The first-order chi connectivity index (χ1) is 12.1. The zero-order valence-corrected chi connectivity index (χ0v) is 15.0. The van der Waals surface area contributed by atoms with Crippen molar-refractivity contribution in [1.82, 2.24) is 4.90 Å². The predicted octanol–water partition coefficient (Wildman–Crippen LogP) is 3.82. The molecule has 0 aromatic heterocycles. The molecule has 0 aliphatic heterocycles. The third kappa shape index (κ3) is 5.91. The molecule has 0 aliphatic rings. The van der Waals surface area contributed by atoms with Crippen LogP contribution in [0.4, 0.5) is 0 Å². The van der Waals surface area contributed by atoms with Crippen LogP contribution in [0.1, 0.15) is 30.9 Å². The molecule has 4 heteroatoms. The van der Waals surface area contributed by atoms with Crippen LogP contribution in [-0.4, -0.2) is 42.2 Å². The highest BCUT2D eigenvalue weighted by atomic mass is 16.5. The lowest BCUT2D eigenvalue weighted by atomic mass is 9.92. The summed E-state index contributed by atoms with van der Waals surface area (Å²) in [6.45, 7) is 7.82. The molecule has 0 fully saturated rings. The fraction of sp³-hybridized carbons (Fsp3) is 0.381. The highest BCUT2D eigenvalue weighted by Crippen LogP contribution is 2.23. The van der Waals surface area contributed by atoms with Gasteiger partial charge >= 0.3 is 5.97 Å². The van der Waals surface area contributed by atoms with Gasteiger partial charge in [-0.2, -0.15) is 0 Å². The minimum atomic E-state index is -0.806. The number of carbonyl (C=O) groups is 1. The summed E-state index contributed by atoms with van der Waals surface area (Å²) in [5, 5.41) is 9.58. The van der Waals surface area contributed by atoms with Crippen molar-refractivity contribution >= 4 is 5.97 Å². The largest absolute Gasteiger partial charge is 0.492 e. The molecule has 0 saturated heterocycles. The van der Waals surface area contributed by atoms with Gasteiger partial charge in [0, 0.05) is 6.54 Å². The van der Waals surface area contributed by atoms with Crippen molar-refractivity contribution in [3.8, 4) is 5.75 Å². The second-order valence-electron chi connectivity index (χ2n) is 6.03. The van der Waals surface area contributed by atoms with Gasteiger partial charge < -0.3 is 14.7 Å². The van der Waals surface area contributed by atoms with Gasteiger partial charge in [0.05, 0.1) is 5.92 Å². The fourth-order valence-electron chi connectivity index (χ4n) is 2.86. The third-order valence-corrected chi connectivity index (χ3v) is 4.41. The second kappa shape index (κ2) is 9.84. The molecule has 0 radical (unpaired) electrons. The van der Waals surface area contributed by atoms with Crippen LogP contribution in [0.3, 0.4) is 0 Å². The van der Waals surface area contributed by atoms with E-state index in [9.17, 15) is 9.90 Å². The summed E-state index contributed by atoms with van der Waals surface area (Å²) in [5.41, 5.74) is 1.79. The molecule has 0 spiro atoms. The standard InChI is InChI=1S/C21H27NO3/c1-3-22(4-2)13-14-25-19-12-8-9-17(15-19)16-20(21(23)24)18-10-6-5-7-11-18/h5-12,15,20H,3-4,13-14,16H2,1-2H3,(H,23,24). The van der Waals surface area contributed by atoms with Gasteiger partial charge in [0.2, 0.25) is 0 Å². The highest BCUT2D eigenvalue weighted by Gasteiger charge is 2.20. The average molecular weight is 341 g/mol. The Morgan fingerprint density at radius 3 is 2.44 bits per heavy atom. The molecule has 4 nitrogen and oxygen atoms in total. The zero-order chi connectivity index (χ0) is 18.1. The summed E-state index contributed by atoms with van der Waals surface area (Å²) in [6, 6.07) is 17.1. The summed E-state index contributed by atoms with van der Waals surface area (Å²) >= 11 is 0. The van der Waals surface area contributed by atoms with E-state index in [2.05, 4.69) is 18.7 Å². The summed E-state index contributed by atoms with van der Waals surface area (Å²) in [5.74, 6) is -0.562. The Bertz CT molecular complexity index is 653. The predicted molar refractivity (Wildman–Crippen MR) is 100 cm³/mol. The van der Waals surface area contributed by atoms with Gasteiger partial charge in [-0.05, 0) is 42.8 Å². The number of nitrogens with zero attached hydrogens (tertiary/aromatic N) is 1. The number of carboxylic acid groups (broad SMARTS) is 1. The summed E-state index contributed by atoms with van der Waals surface area (Å²) in [6.07, 6.45) is 0.451. The maximum atomic E-state index is 11.7. The van der Waals surface area contributed by atoms with Gasteiger partial charge in [-0.15, -0.1) is 0 Å². The number of ether oxygens (including phenoxy) is 1. The lowest BCUT2D eigenvalue weighted by Crippen LogP contribution is -2.27. The Kier molecular flexibility index (Phi) is 7.48. The Morgan fingerprint density at radius 2 is 1.80 bits per heavy atom. The Morgan fingerprint density at radius 1 is 1.08 bits per heavy atom. The minimum absolute atomic E-state index is 0.451. The van der Waals surface area contributed by atoms with E-state index in [1.165, 1.54) is 0 Å². The van der Waals surface area contributed by atoms with E-state index in [-0.39, 0.29) is 0 Å². The molecule has 1 atom stereocenters. The minimum Gasteiger partial charge on any atom is -0.492 e. The molecular formula is C21H27NO3. The monoisotopic (exact) mass is 341 g/mol. The second-order valence-corrected chi connectivity index (χ2v) is 6.03. The SMILES string of the molecule is CCN(CC)CCOc1cccc(CC(C(=O)O)c2ccccc2)c1. The third-order valence-electron chi connectivity index (χ3n) is 4.41. The van der Waals surface area contributed by atoms with Crippen LogP contribution in [0, 0.1) is 0 Å². The van der Waals surface area contributed by atoms with Gasteiger partial charge in [-0.25, -0.2) is 0 Å². The Labute approximate surface area is 150 Å². The van der Waals surface area contributed by atoms with Crippen LogP contribution >= 0.6 is 0 Å². The summed E-state index contributed by atoms with van der Waals surface area (Å²) < 4.78 is 5.84. The normalized spacial score (nSPS) is 12.1. The lowest BCUT2D eigenvalue weighted by Gasteiger charge is -2.18. The summed E-state index contributed by atoms with van der Waals surface area (Å²) in [4.78, 5) is 14.0. The Hall–Kier alpha value is -2.33. The topological polar surface area (TPSA) is 49.8 Å². The highest BCUT2D eigenvalue weighted by molar-refractivity contribution is 5.76. The van der Waals surface area contributed by atoms with Crippen LogP contribution in [0.5, 0.6) is 5.75 Å². The van der Waals surface area contributed by atoms with Gasteiger partial charge in [0.25, 0.3) is 0 Å². The number of benzene rings is 2. The van der Waals surface area contributed by atoms with Crippen molar-refractivity contribution in [2.24, 2.45) is 0 Å². The van der Waals surface area contributed by atoms with Gasteiger partial charge in [-0.1, -0.05) is 56.3 Å². The number of carboxylic acids is 1. The average Bonchev–Trinajstić information content (AvgIpc) is 2.64. The van der Waals surface area contributed by atoms with Crippen LogP contribution in [0.2, 0.25) is 0 Å². The first-order valence-corrected chi connectivity index (χ1v) is 8.85. The van der Waals surface area contributed by atoms with Crippen molar-refractivity contribution in [2.45, 2.75) is 26.2 Å². The molecule has 2 aromatic carbocycles. The van der Waals surface area contributed by atoms with E-state index in [4.69, 9.17) is 4.74 Å². The quantitative estimate of drug-likeness (QED) is 0.714. The van der Waals surface area contributed by atoms with Crippen molar-refractivity contribution in [3.63, 3.8) is 0 Å². The maximum absolute atomic E-state index is 11.7. The number of hydrogen-bond acceptors (Lipinski definition) is 3. The number of aliphatic carboxylic acids is 1. The van der Waals surface area contributed by atoms with E-state index >= 15 is 0 Å². The van der Waals surface area contributed by atoms with E-state index in [1.807, 2.05) is 54.6 Å². The molecule has 0 saturated carbocycles. The van der Waals surface area contributed by atoms with Crippen molar-refractivity contribution in [2.75, 3.05) is 26.2 Å². The van der Waals surface area contributed by atoms with Crippen molar-refractivity contribution < 1.29 is 14.6 Å². The van der Waals surface area contributed by atoms with Crippen LogP contribution < -0.4 is 4.74 Å². The number of hydrogen-bond donors (Lipinski definition) is 1. The first kappa shape index (κ1) is 19.0. The fourth-order valence-corrected chi connectivity index (χ4v) is 2.86. The molecular weight excluding hydrogens is 314 g/mol. The molecule has 25 heavy (non-hydrogen) atoms. The van der Waals surface area contributed by atoms with Gasteiger partial charge in [0.1, 0.15) is 12.4 Å². The molecule has 134 valence electrons. The summed E-state index contributed by atoms with van der Waals surface area (Å²) in [7, 11) is 0. The molecule has 1 N–H and O–H groups in total. The lowest BCUT2D eigenvalue weighted by molar-refractivity contribution is -0.138. The first-order valence-electron chi connectivity index (χ1n) is 8.85. The van der Waals surface area contributed by atoms with Crippen LogP contribution in [-0.2, 0) is 11.2 Å². The van der Waals surface area contributed by atoms with Crippen LogP contribution in [0.15, 0.2) is 54.6 Å². The van der Waals surface area contributed by atoms with E-state index in [0.717, 1.165) is 36.5 Å². The molecule has 2 aromatic rings. The van der Waals surface area contributed by atoms with E-state index in [1.54, 1.807) is 0 Å².